The number of hydrogen-bond donors (Lipinski definition) is 1. The summed E-state index contributed by atoms with van der Waals surface area (Å²) in [6.45, 7) is 0.534. The quantitative estimate of drug-likeness (QED) is 0.573. The molecule has 3 rings (SSSR count). The summed E-state index contributed by atoms with van der Waals surface area (Å²) in [5.74, 6) is -0.182. The minimum Gasteiger partial charge on any atom is -0.619 e. The average Bonchev–Trinajstić information content (AvgIpc) is 3.10. The number of rotatable bonds is 5. The lowest BCUT2D eigenvalue weighted by atomic mass is 10.1. The molecule has 23 heavy (non-hydrogen) atoms. The Hall–Kier alpha value is -3.15. The molecule has 116 valence electrons. The summed E-state index contributed by atoms with van der Waals surface area (Å²) in [4.78, 5) is 11.9. The van der Waals surface area contributed by atoms with E-state index in [2.05, 4.69) is 10.4 Å². The zero-order valence-corrected chi connectivity index (χ0v) is 12.4. The Bertz CT molecular complexity index is 765. The van der Waals surface area contributed by atoms with E-state index >= 15 is 0 Å². The first kappa shape index (κ1) is 14.8. The Morgan fingerprint density at radius 3 is 2.57 bits per heavy atom. The van der Waals surface area contributed by atoms with Gasteiger partial charge in [0.1, 0.15) is 0 Å². The Morgan fingerprint density at radius 1 is 1.17 bits per heavy atom. The van der Waals surface area contributed by atoms with Crippen molar-refractivity contribution in [2.24, 2.45) is 0 Å². The number of carbonyl (C=O) groups is 1. The van der Waals surface area contributed by atoms with Gasteiger partial charge in [0, 0.05) is 31.1 Å². The minimum atomic E-state index is -0.182. The highest BCUT2D eigenvalue weighted by atomic mass is 16.5. The summed E-state index contributed by atoms with van der Waals surface area (Å²) in [6, 6.07) is 12.9. The summed E-state index contributed by atoms with van der Waals surface area (Å²) in [6.07, 6.45) is 6.98. The van der Waals surface area contributed by atoms with Crippen LogP contribution in [0.4, 0.5) is 0 Å². The molecule has 2 heterocycles. The molecule has 0 aliphatic rings. The van der Waals surface area contributed by atoms with E-state index in [0.717, 1.165) is 17.7 Å². The zero-order chi connectivity index (χ0) is 16.1. The van der Waals surface area contributed by atoms with E-state index in [1.807, 2.05) is 36.5 Å². The molecule has 0 unspecified atom stereocenters. The summed E-state index contributed by atoms with van der Waals surface area (Å²) >= 11 is 0. The van der Waals surface area contributed by atoms with Crippen LogP contribution in [0.2, 0.25) is 0 Å². The van der Waals surface area contributed by atoms with Gasteiger partial charge < -0.3 is 10.5 Å². The topological polar surface area (TPSA) is 73.9 Å². The third-order valence-electron chi connectivity index (χ3n) is 3.47. The fraction of sp³-hybridized carbons (Fsp3) is 0.118. The summed E-state index contributed by atoms with van der Waals surface area (Å²) in [7, 11) is 0. The highest BCUT2D eigenvalue weighted by molar-refractivity contribution is 5.93. The molecule has 1 N–H and O–H groups in total. The van der Waals surface area contributed by atoms with E-state index < -0.39 is 0 Å². The predicted octanol–water partition coefficient (Wildman–Crippen LogP) is 1.48. The fourth-order valence-electron chi connectivity index (χ4n) is 2.22. The molecule has 3 aromatic rings. The highest BCUT2D eigenvalue weighted by Crippen LogP contribution is 2.08. The van der Waals surface area contributed by atoms with Gasteiger partial charge in [-0.3, -0.25) is 4.79 Å². The standard InChI is InChI=1S/C17H16N4O2/c22-17(15-7-12-20(23)13-8-15)18-10-6-14-2-4-16(5-3-14)21-11-1-9-19-21/h1-5,7-9,11-13H,6,10H2,(H,18,22). The monoisotopic (exact) mass is 308 g/mol. The van der Waals surface area contributed by atoms with Crippen LogP contribution in [-0.4, -0.2) is 22.2 Å². The van der Waals surface area contributed by atoms with E-state index in [-0.39, 0.29) is 5.91 Å². The minimum absolute atomic E-state index is 0.182. The molecule has 1 amide bonds. The van der Waals surface area contributed by atoms with E-state index in [1.54, 1.807) is 10.9 Å². The molecule has 0 radical (unpaired) electrons. The first-order valence-corrected chi connectivity index (χ1v) is 7.28. The number of benzene rings is 1. The van der Waals surface area contributed by atoms with E-state index in [4.69, 9.17) is 0 Å². The lowest BCUT2D eigenvalue weighted by Gasteiger charge is -2.06. The van der Waals surface area contributed by atoms with Crippen LogP contribution in [0.3, 0.4) is 0 Å². The van der Waals surface area contributed by atoms with Crippen LogP contribution in [0.15, 0.2) is 67.3 Å². The van der Waals surface area contributed by atoms with Crippen molar-refractivity contribution in [1.82, 2.24) is 15.1 Å². The molecule has 0 atom stereocenters. The van der Waals surface area contributed by atoms with Gasteiger partial charge in [-0.1, -0.05) is 12.1 Å². The summed E-state index contributed by atoms with van der Waals surface area (Å²) in [5, 5.41) is 18.0. The van der Waals surface area contributed by atoms with Gasteiger partial charge in [0.25, 0.3) is 5.91 Å². The zero-order valence-electron chi connectivity index (χ0n) is 12.4. The molecule has 6 nitrogen and oxygen atoms in total. The van der Waals surface area contributed by atoms with Gasteiger partial charge in [0.15, 0.2) is 12.4 Å². The first-order chi connectivity index (χ1) is 11.2. The number of pyridine rings is 1. The number of hydrogen-bond acceptors (Lipinski definition) is 3. The van der Waals surface area contributed by atoms with Gasteiger partial charge in [-0.15, -0.1) is 0 Å². The summed E-state index contributed by atoms with van der Waals surface area (Å²) < 4.78 is 2.45. The molecule has 0 spiro atoms. The van der Waals surface area contributed by atoms with Crippen LogP contribution in [0, 0.1) is 5.21 Å². The van der Waals surface area contributed by atoms with Crippen LogP contribution in [0.25, 0.3) is 5.69 Å². The Balaban J connectivity index is 1.52. The van der Waals surface area contributed by atoms with Crippen LogP contribution in [0.5, 0.6) is 0 Å². The van der Waals surface area contributed by atoms with Gasteiger partial charge >= 0.3 is 0 Å². The average molecular weight is 308 g/mol. The van der Waals surface area contributed by atoms with Crippen molar-refractivity contribution in [3.05, 3.63) is 83.6 Å². The molecule has 0 fully saturated rings. The van der Waals surface area contributed by atoms with Gasteiger partial charge in [-0.05, 0) is 30.2 Å². The van der Waals surface area contributed by atoms with Crippen molar-refractivity contribution in [2.75, 3.05) is 6.54 Å². The molecule has 0 saturated carbocycles. The van der Waals surface area contributed by atoms with Gasteiger partial charge in [-0.25, -0.2) is 4.68 Å². The maximum absolute atomic E-state index is 11.9. The normalized spacial score (nSPS) is 10.4. The second kappa shape index (κ2) is 6.74. The highest BCUT2D eigenvalue weighted by Gasteiger charge is 2.06. The Morgan fingerprint density at radius 2 is 1.91 bits per heavy atom. The number of nitrogens with zero attached hydrogens (tertiary/aromatic N) is 3. The van der Waals surface area contributed by atoms with Crippen molar-refractivity contribution < 1.29 is 9.52 Å². The van der Waals surface area contributed by atoms with Gasteiger partial charge in [0.2, 0.25) is 0 Å². The van der Waals surface area contributed by atoms with Crippen LogP contribution in [0.1, 0.15) is 15.9 Å². The van der Waals surface area contributed by atoms with Crippen LogP contribution < -0.4 is 10.0 Å². The summed E-state index contributed by atoms with van der Waals surface area (Å²) in [5.41, 5.74) is 2.61. The van der Waals surface area contributed by atoms with Gasteiger partial charge in [0.05, 0.1) is 11.3 Å². The number of nitrogens with one attached hydrogen (secondary N) is 1. The molecule has 1 aromatic carbocycles. The van der Waals surface area contributed by atoms with Crippen LogP contribution in [-0.2, 0) is 6.42 Å². The van der Waals surface area contributed by atoms with Crippen molar-refractivity contribution in [2.45, 2.75) is 6.42 Å². The molecule has 0 saturated heterocycles. The molecule has 0 aliphatic heterocycles. The Kier molecular flexibility index (Phi) is 4.33. The molecule has 0 aliphatic carbocycles. The van der Waals surface area contributed by atoms with Crippen LogP contribution >= 0.6 is 0 Å². The Labute approximate surface area is 133 Å². The second-order valence-electron chi connectivity index (χ2n) is 5.07. The first-order valence-electron chi connectivity index (χ1n) is 7.28. The maximum atomic E-state index is 11.9. The fourth-order valence-corrected chi connectivity index (χ4v) is 2.22. The lowest BCUT2D eigenvalue weighted by Crippen LogP contribution is -2.28. The van der Waals surface area contributed by atoms with E-state index in [0.29, 0.717) is 16.8 Å². The van der Waals surface area contributed by atoms with E-state index in [1.165, 1.54) is 24.5 Å². The molecule has 2 aromatic heterocycles. The third-order valence-corrected chi connectivity index (χ3v) is 3.47. The second-order valence-corrected chi connectivity index (χ2v) is 5.07. The van der Waals surface area contributed by atoms with Crippen molar-refractivity contribution >= 4 is 5.91 Å². The number of aromatic nitrogens is 3. The lowest BCUT2D eigenvalue weighted by molar-refractivity contribution is -0.605. The van der Waals surface area contributed by atoms with E-state index in [9.17, 15) is 10.0 Å². The molecular weight excluding hydrogens is 292 g/mol. The van der Waals surface area contributed by atoms with Gasteiger partial charge in [-0.2, -0.15) is 9.83 Å². The van der Waals surface area contributed by atoms with Crippen molar-refractivity contribution in [3.63, 3.8) is 0 Å². The largest absolute Gasteiger partial charge is 0.619 e. The van der Waals surface area contributed by atoms with Crippen molar-refractivity contribution in [3.8, 4) is 5.69 Å². The maximum Gasteiger partial charge on any atom is 0.251 e. The number of amides is 1. The van der Waals surface area contributed by atoms with Crippen molar-refractivity contribution in [1.29, 1.82) is 0 Å². The predicted molar refractivity (Wildman–Crippen MR) is 85.0 cm³/mol. The molecule has 6 heteroatoms. The molecular formula is C17H16N4O2. The smallest absolute Gasteiger partial charge is 0.251 e. The SMILES string of the molecule is O=C(NCCc1ccc(-n2cccn2)cc1)c1cc[n+]([O-])cc1. The number of carbonyl (C=O) groups excluding carboxylic acids is 1. The molecule has 0 bridgehead atoms. The third kappa shape index (κ3) is 3.74.